The first-order valence-corrected chi connectivity index (χ1v) is 10.9. The SMILES string of the molecule is CCOc1ccc(C(=O)O)c(N(CC)Cc2cc(Br)ccc2OCc2ccccc2)n1. The Labute approximate surface area is 190 Å². The lowest BCUT2D eigenvalue weighted by Gasteiger charge is -2.25. The topological polar surface area (TPSA) is 71.9 Å². The first-order valence-electron chi connectivity index (χ1n) is 10.1. The smallest absolute Gasteiger partial charge is 0.339 e. The molecule has 0 saturated carbocycles. The van der Waals surface area contributed by atoms with Crippen LogP contribution in [0.25, 0.3) is 0 Å². The number of nitrogens with zero attached hydrogens (tertiary/aromatic N) is 2. The van der Waals surface area contributed by atoms with E-state index in [2.05, 4.69) is 20.9 Å². The molecule has 0 aliphatic heterocycles. The van der Waals surface area contributed by atoms with Gasteiger partial charge in [0.2, 0.25) is 5.88 Å². The summed E-state index contributed by atoms with van der Waals surface area (Å²) in [5.41, 5.74) is 2.13. The fourth-order valence-corrected chi connectivity index (χ4v) is 3.57. The number of carboxylic acid groups (broad SMARTS) is 1. The van der Waals surface area contributed by atoms with Crippen LogP contribution in [0.4, 0.5) is 5.82 Å². The molecule has 1 aromatic heterocycles. The molecule has 0 fully saturated rings. The third-order valence-corrected chi connectivity index (χ3v) is 5.17. The highest BCUT2D eigenvalue weighted by molar-refractivity contribution is 9.10. The molecule has 2 aromatic carbocycles. The van der Waals surface area contributed by atoms with Gasteiger partial charge in [0.1, 0.15) is 23.7 Å². The number of rotatable bonds is 10. The van der Waals surface area contributed by atoms with Gasteiger partial charge >= 0.3 is 5.97 Å². The maximum absolute atomic E-state index is 11.8. The van der Waals surface area contributed by atoms with Crippen LogP contribution in [-0.4, -0.2) is 29.2 Å². The number of anilines is 1. The Morgan fingerprint density at radius 3 is 2.52 bits per heavy atom. The third kappa shape index (κ3) is 5.98. The van der Waals surface area contributed by atoms with E-state index in [4.69, 9.17) is 9.47 Å². The van der Waals surface area contributed by atoms with Crippen molar-refractivity contribution in [2.45, 2.75) is 27.0 Å². The van der Waals surface area contributed by atoms with Gasteiger partial charge in [-0.1, -0.05) is 46.3 Å². The Morgan fingerprint density at radius 1 is 1.06 bits per heavy atom. The Morgan fingerprint density at radius 2 is 1.84 bits per heavy atom. The van der Waals surface area contributed by atoms with Crippen molar-refractivity contribution in [3.05, 3.63) is 81.8 Å². The zero-order valence-corrected chi connectivity index (χ0v) is 19.1. The van der Waals surface area contributed by atoms with Gasteiger partial charge < -0.3 is 19.5 Å². The second kappa shape index (κ2) is 10.8. The number of halogens is 1. The van der Waals surface area contributed by atoms with E-state index < -0.39 is 5.97 Å². The summed E-state index contributed by atoms with van der Waals surface area (Å²) in [5.74, 6) is 0.479. The highest BCUT2D eigenvalue weighted by atomic mass is 79.9. The molecule has 6 nitrogen and oxygen atoms in total. The summed E-state index contributed by atoms with van der Waals surface area (Å²) in [7, 11) is 0. The molecule has 0 amide bonds. The quantitative estimate of drug-likeness (QED) is 0.406. The number of carboxylic acids is 1. The molecule has 1 heterocycles. The summed E-state index contributed by atoms with van der Waals surface area (Å²) in [6, 6.07) is 18.9. The molecule has 0 saturated heterocycles. The van der Waals surface area contributed by atoms with Crippen LogP contribution < -0.4 is 14.4 Å². The molecule has 3 rings (SSSR count). The monoisotopic (exact) mass is 484 g/mol. The summed E-state index contributed by atoms with van der Waals surface area (Å²) in [6.45, 7) is 5.72. The lowest BCUT2D eigenvalue weighted by atomic mass is 10.1. The van der Waals surface area contributed by atoms with Crippen LogP contribution in [0.2, 0.25) is 0 Å². The van der Waals surface area contributed by atoms with Crippen LogP contribution in [0.15, 0.2) is 65.1 Å². The number of aromatic nitrogens is 1. The Balaban J connectivity index is 1.90. The van der Waals surface area contributed by atoms with Crippen molar-refractivity contribution in [2.75, 3.05) is 18.1 Å². The van der Waals surface area contributed by atoms with Gasteiger partial charge in [-0.25, -0.2) is 4.79 Å². The van der Waals surface area contributed by atoms with Crippen LogP contribution in [0.5, 0.6) is 11.6 Å². The van der Waals surface area contributed by atoms with Crippen LogP contribution in [0.3, 0.4) is 0 Å². The zero-order chi connectivity index (χ0) is 22.2. The summed E-state index contributed by atoms with van der Waals surface area (Å²) < 4.78 is 12.5. The van der Waals surface area contributed by atoms with Crippen LogP contribution in [-0.2, 0) is 13.2 Å². The number of hydrogen-bond donors (Lipinski definition) is 1. The number of aromatic carboxylic acids is 1. The maximum atomic E-state index is 11.8. The second-order valence-corrected chi connectivity index (χ2v) is 7.71. The minimum Gasteiger partial charge on any atom is -0.489 e. The molecule has 0 aliphatic carbocycles. The molecule has 0 unspecified atom stereocenters. The van der Waals surface area contributed by atoms with Crippen LogP contribution >= 0.6 is 15.9 Å². The molecule has 0 bridgehead atoms. The van der Waals surface area contributed by atoms with Gasteiger partial charge in [-0.2, -0.15) is 4.98 Å². The third-order valence-electron chi connectivity index (χ3n) is 4.67. The Kier molecular flexibility index (Phi) is 7.89. The van der Waals surface area contributed by atoms with E-state index in [0.717, 1.165) is 21.3 Å². The highest BCUT2D eigenvalue weighted by Crippen LogP contribution is 2.29. The number of hydrogen-bond acceptors (Lipinski definition) is 5. The number of ether oxygens (including phenoxy) is 2. The summed E-state index contributed by atoms with van der Waals surface area (Å²) in [4.78, 5) is 18.2. The van der Waals surface area contributed by atoms with E-state index in [1.54, 1.807) is 6.07 Å². The fourth-order valence-electron chi connectivity index (χ4n) is 3.16. The molecular formula is C24H25BrN2O4. The minimum atomic E-state index is -1.03. The Hall–Kier alpha value is -3.06. The van der Waals surface area contributed by atoms with Crippen molar-refractivity contribution in [1.82, 2.24) is 4.98 Å². The van der Waals surface area contributed by atoms with Gasteiger partial charge in [0.15, 0.2) is 0 Å². The molecule has 0 aliphatic rings. The van der Waals surface area contributed by atoms with Crippen molar-refractivity contribution < 1.29 is 19.4 Å². The Bertz CT molecular complexity index is 1030. The standard InChI is InChI=1S/C24H25BrN2O4/c1-3-27(23-20(24(28)29)11-13-22(26-23)30-4-2)15-18-14-19(25)10-12-21(18)31-16-17-8-6-5-7-9-17/h5-14H,3-4,15-16H2,1-2H3,(H,28,29). The van der Waals surface area contributed by atoms with Gasteiger partial charge in [-0.3, -0.25) is 0 Å². The lowest BCUT2D eigenvalue weighted by Crippen LogP contribution is -2.26. The van der Waals surface area contributed by atoms with E-state index >= 15 is 0 Å². The van der Waals surface area contributed by atoms with E-state index in [9.17, 15) is 9.90 Å². The van der Waals surface area contributed by atoms with Crippen molar-refractivity contribution in [3.8, 4) is 11.6 Å². The average molecular weight is 485 g/mol. The highest BCUT2D eigenvalue weighted by Gasteiger charge is 2.20. The number of benzene rings is 2. The largest absolute Gasteiger partial charge is 0.489 e. The summed E-state index contributed by atoms with van der Waals surface area (Å²) >= 11 is 3.53. The average Bonchev–Trinajstić information content (AvgIpc) is 2.77. The molecule has 7 heteroatoms. The van der Waals surface area contributed by atoms with Crippen molar-refractivity contribution in [2.24, 2.45) is 0 Å². The first-order chi connectivity index (χ1) is 15.0. The molecule has 162 valence electrons. The van der Waals surface area contributed by atoms with E-state index in [-0.39, 0.29) is 5.56 Å². The van der Waals surface area contributed by atoms with Gasteiger partial charge in [0.25, 0.3) is 0 Å². The molecule has 0 radical (unpaired) electrons. The van der Waals surface area contributed by atoms with Gasteiger partial charge in [-0.05, 0) is 43.7 Å². The number of pyridine rings is 1. The second-order valence-electron chi connectivity index (χ2n) is 6.80. The predicted octanol–water partition coefficient (Wildman–Crippen LogP) is 5.55. The summed E-state index contributed by atoms with van der Waals surface area (Å²) in [6.07, 6.45) is 0. The molecule has 1 N–H and O–H groups in total. The zero-order valence-electron chi connectivity index (χ0n) is 17.5. The molecule has 31 heavy (non-hydrogen) atoms. The minimum absolute atomic E-state index is 0.132. The van der Waals surface area contributed by atoms with Crippen LogP contribution in [0, 0.1) is 0 Å². The molecular weight excluding hydrogens is 460 g/mol. The first kappa shape index (κ1) is 22.6. The van der Waals surface area contributed by atoms with Crippen molar-refractivity contribution in [3.63, 3.8) is 0 Å². The normalized spacial score (nSPS) is 10.5. The van der Waals surface area contributed by atoms with Gasteiger partial charge in [-0.15, -0.1) is 0 Å². The van der Waals surface area contributed by atoms with Crippen LogP contribution in [0.1, 0.15) is 35.3 Å². The van der Waals surface area contributed by atoms with Gasteiger partial charge in [0.05, 0.1) is 6.61 Å². The number of carbonyl (C=O) groups is 1. The van der Waals surface area contributed by atoms with E-state index in [1.165, 1.54) is 6.07 Å². The van der Waals surface area contributed by atoms with Crippen molar-refractivity contribution >= 4 is 27.7 Å². The van der Waals surface area contributed by atoms with Crippen molar-refractivity contribution in [1.29, 1.82) is 0 Å². The molecule has 0 spiro atoms. The molecule has 3 aromatic rings. The summed E-state index contributed by atoms with van der Waals surface area (Å²) in [5, 5.41) is 9.67. The maximum Gasteiger partial charge on any atom is 0.339 e. The predicted molar refractivity (Wildman–Crippen MR) is 124 cm³/mol. The fraction of sp³-hybridized carbons (Fsp3) is 0.250. The van der Waals surface area contributed by atoms with Gasteiger partial charge in [0, 0.05) is 29.2 Å². The lowest BCUT2D eigenvalue weighted by molar-refractivity contribution is 0.0697. The molecule has 0 atom stereocenters. The van der Waals surface area contributed by atoms with E-state index in [0.29, 0.717) is 38.0 Å². The van der Waals surface area contributed by atoms with E-state index in [1.807, 2.05) is 67.3 Å².